The summed E-state index contributed by atoms with van der Waals surface area (Å²) in [4.78, 5) is 13.9. The Hall–Kier alpha value is -1.40. The molecular formula is C12H20N4O2. The monoisotopic (exact) mass is 252 g/mol. The zero-order valence-electron chi connectivity index (χ0n) is 10.9. The van der Waals surface area contributed by atoms with Crippen molar-refractivity contribution in [1.29, 1.82) is 0 Å². The Morgan fingerprint density at radius 2 is 2.39 bits per heavy atom. The van der Waals surface area contributed by atoms with Gasteiger partial charge in [0.05, 0.1) is 18.8 Å². The van der Waals surface area contributed by atoms with Crippen molar-refractivity contribution in [3.8, 4) is 0 Å². The smallest absolute Gasteiger partial charge is 0.223 e. The van der Waals surface area contributed by atoms with E-state index in [0.29, 0.717) is 26.1 Å². The number of methoxy groups -OCH3 is 1. The van der Waals surface area contributed by atoms with Crippen LogP contribution >= 0.6 is 0 Å². The van der Waals surface area contributed by atoms with Crippen molar-refractivity contribution >= 4 is 5.91 Å². The van der Waals surface area contributed by atoms with E-state index >= 15 is 0 Å². The van der Waals surface area contributed by atoms with Gasteiger partial charge in [0.25, 0.3) is 0 Å². The second-order valence-corrected chi connectivity index (χ2v) is 4.67. The average molecular weight is 252 g/mol. The standard InChI is InChI=1S/C12H20N4O2/c1-15-8-10(7-14-15)12-9(6-13)5-11(17)16(12)3-4-18-2/h7-9,12H,3-6,13H2,1-2H3/t9-,12-/m1/s1. The predicted octanol–water partition coefficient (Wildman–Crippen LogP) is -0.0852. The molecule has 100 valence electrons. The molecule has 0 bridgehead atoms. The van der Waals surface area contributed by atoms with E-state index in [2.05, 4.69) is 5.10 Å². The fraction of sp³-hybridized carbons (Fsp3) is 0.667. The van der Waals surface area contributed by atoms with Crippen molar-refractivity contribution < 1.29 is 9.53 Å². The molecule has 1 aliphatic rings. The van der Waals surface area contributed by atoms with Crippen LogP contribution in [-0.2, 0) is 16.6 Å². The molecule has 0 saturated carbocycles. The molecule has 2 N–H and O–H groups in total. The topological polar surface area (TPSA) is 73.4 Å². The first-order valence-corrected chi connectivity index (χ1v) is 6.14. The van der Waals surface area contributed by atoms with Crippen LogP contribution in [0.4, 0.5) is 0 Å². The van der Waals surface area contributed by atoms with Crippen LogP contribution < -0.4 is 5.73 Å². The highest BCUT2D eigenvalue weighted by atomic mass is 16.5. The Morgan fingerprint density at radius 1 is 1.61 bits per heavy atom. The van der Waals surface area contributed by atoms with Crippen molar-refractivity contribution in [3.05, 3.63) is 18.0 Å². The summed E-state index contributed by atoms with van der Waals surface area (Å²) in [7, 11) is 3.51. The second-order valence-electron chi connectivity index (χ2n) is 4.67. The molecule has 0 spiro atoms. The van der Waals surface area contributed by atoms with Crippen LogP contribution in [0.3, 0.4) is 0 Å². The molecule has 2 rings (SSSR count). The number of carbonyl (C=O) groups is 1. The van der Waals surface area contributed by atoms with Crippen LogP contribution in [0.2, 0.25) is 0 Å². The molecule has 6 heteroatoms. The molecule has 0 aromatic carbocycles. The van der Waals surface area contributed by atoms with E-state index in [1.807, 2.05) is 24.3 Å². The Bertz CT molecular complexity index is 418. The van der Waals surface area contributed by atoms with E-state index in [4.69, 9.17) is 10.5 Å². The summed E-state index contributed by atoms with van der Waals surface area (Å²) in [5.41, 5.74) is 6.83. The molecule has 1 amide bonds. The van der Waals surface area contributed by atoms with Crippen molar-refractivity contribution in [2.24, 2.45) is 18.7 Å². The third-order valence-corrected chi connectivity index (χ3v) is 3.44. The summed E-state index contributed by atoms with van der Waals surface area (Å²) in [6, 6.07) is 0.0337. The molecule has 2 atom stereocenters. The number of rotatable bonds is 5. The highest BCUT2D eigenvalue weighted by Gasteiger charge is 2.40. The van der Waals surface area contributed by atoms with Gasteiger partial charge in [-0.2, -0.15) is 5.10 Å². The van der Waals surface area contributed by atoms with Gasteiger partial charge >= 0.3 is 0 Å². The van der Waals surface area contributed by atoms with Gasteiger partial charge in [0.15, 0.2) is 0 Å². The van der Waals surface area contributed by atoms with Crippen molar-refractivity contribution in [3.63, 3.8) is 0 Å². The maximum atomic E-state index is 12.0. The van der Waals surface area contributed by atoms with Gasteiger partial charge in [0.1, 0.15) is 0 Å². The number of hydrogen-bond acceptors (Lipinski definition) is 4. The minimum Gasteiger partial charge on any atom is -0.383 e. The maximum Gasteiger partial charge on any atom is 0.223 e. The number of aromatic nitrogens is 2. The Kier molecular flexibility index (Phi) is 3.98. The van der Waals surface area contributed by atoms with Crippen LogP contribution in [-0.4, -0.2) is 47.4 Å². The molecule has 1 saturated heterocycles. The first-order chi connectivity index (χ1) is 8.67. The van der Waals surface area contributed by atoms with Gasteiger partial charge in [0, 0.05) is 44.8 Å². The number of aryl methyl sites for hydroxylation is 1. The summed E-state index contributed by atoms with van der Waals surface area (Å²) >= 11 is 0. The highest BCUT2D eigenvalue weighted by molar-refractivity contribution is 5.79. The van der Waals surface area contributed by atoms with Crippen molar-refractivity contribution in [1.82, 2.24) is 14.7 Å². The van der Waals surface area contributed by atoms with Crippen molar-refractivity contribution in [2.45, 2.75) is 12.5 Å². The van der Waals surface area contributed by atoms with Gasteiger partial charge in [-0.3, -0.25) is 9.48 Å². The summed E-state index contributed by atoms with van der Waals surface area (Å²) < 4.78 is 6.81. The van der Waals surface area contributed by atoms with Crippen LogP contribution in [0.1, 0.15) is 18.0 Å². The van der Waals surface area contributed by atoms with Crippen molar-refractivity contribution in [2.75, 3.05) is 26.8 Å². The zero-order valence-corrected chi connectivity index (χ0v) is 10.9. The molecule has 0 aliphatic carbocycles. The first-order valence-electron chi connectivity index (χ1n) is 6.14. The lowest BCUT2D eigenvalue weighted by Crippen LogP contribution is -2.33. The molecule has 18 heavy (non-hydrogen) atoms. The molecule has 6 nitrogen and oxygen atoms in total. The summed E-state index contributed by atoms with van der Waals surface area (Å²) in [5, 5.41) is 4.18. The van der Waals surface area contributed by atoms with Crippen LogP contribution in [0.25, 0.3) is 0 Å². The number of nitrogens with zero attached hydrogens (tertiary/aromatic N) is 3. The molecule has 2 heterocycles. The Balaban J connectivity index is 2.22. The molecule has 0 radical (unpaired) electrons. The molecule has 0 unspecified atom stereocenters. The van der Waals surface area contributed by atoms with Gasteiger partial charge in [-0.1, -0.05) is 0 Å². The number of amides is 1. The Labute approximate surface area is 107 Å². The normalized spacial score (nSPS) is 23.9. The molecule has 1 aromatic heterocycles. The second kappa shape index (κ2) is 5.49. The van der Waals surface area contributed by atoms with Gasteiger partial charge in [0.2, 0.25) is 5.91 Å². The SMILES string of the molecule is COCCN1C(=O)C[C@H](CN)[C@@H]1c1cnn(C)c1. The van der Waals surface area contributed by atoms with Gasteiger partial charge in [-0.05, 0) is 6.54 Å². The third kappa shape index (κ3) is 2.39. The van der Waals surface area contributed by atoms with Crippen LogP contribution in [0.15, 0.2) is 12.4 Å². The van der Waals surface area contributed by atoms with E-state index in [1.165, 1.54) is 0 Å². The number of hydrogen-bond donors (Lipinski definition) is 1. The zero-order chi connectivity index (χ0) is 13.1. The van der Waals surface area contributed by atoms with Crippen LogP contribution in [0.5, 0.6) is 0 Å². The fourth-order valence-corrected chi connectivity index (χ4v) is 2.57. The lowest BCUT2D eigenvalue weighted by Gasteiger charge is -2.26. The van der Waals surface area contributed by atoms with E-state index in [0.717, 1.165) is 5.56 Å². The van der Waals surface area contributed by atoms with E-state index < -0.39 is 0 Å². The minimum atomic E-state index is 0.0337. The third-order valence-electron chi connectivity index (χ3n) is 3.44. The summed E-state index contributed by atoms with van der Waals surface area (Å²) in [6.07, 6.45) is 4.28. The quantitative estimate of drug-likeness (QED) is 0.795. The van der Waals surface area contributed by atoms with Crippen LogP contribution in [0, 0.1) is 5.92 Å². The molecule has 1 fully saturated rings. The molecular weight excluding hydrogens is 232 g/mol. The lowest BCUT2D eigenvalue weighted by atomic mass is 9.96. The summed E-state index contributed by atoms with van der Waals surface area (Å²) in [6.45, 7) is 1.65. The van der Waals surface area contributed by atoms with E-state index in [-0.39, 0.29) is 17.9 Å². The number of nitrogens with two attached hydrogens (primary N) is 1. The van der Waals surface area contributed by atoms with E-state index in [9.17, 15) is 4.79 Å². The number of likely N-dealkylation sites (tertiary alicyclic amines) is 1. The van der Waals surface area contributed by atoms with Gasteiger partial charge in [-0.25, -0.2) is 0 Å². The lowest BCUT2D eigenvalue weighted by molar-refractivity contribution is -0.129. The number of ether oxygens (including phenoxy) is 1. The average Bonchev–Trinajstić information content (AvgIpc) is 2.90. The maximum absolute atomic E-state index is 12.0. The van der Waals surface area contributed by atoms with Gasteiger partial charge in [-0.15, -0.1) is 0 Å². The number of carbonyl (C=O) groups excluding carboxylic acids is 1. The minimum absolute atomic E-state index is 0.0337. The largest absolute Gasteiger partial charge is 0.383 e. The fourth-order valence-electron chi connectivity index (χ4n) is 2.57. The molecule has 1 aliphatic heterocycles. The predicted molar refractivity (Wildman–Crippen MR) is 66.7 cm³/mol. The Morgan fingerprint density at radius 3 is 2.94 bits per heavy atom. The molecule has 1 aromatic rings. The summed E-state index contributed by atoms with van der Waals surface area (Å²) in [5.74, 6) is 0.315. The first kappa shape index (κ1) is 13.0. The van der Waals surface area contributed by atoms with Gasteiger partial charge < -0.3 is 15.4 Å². The van der Waals surface area contributed by atoms with E-state index in [1.54, 1.807) is 11.8 Å². The highest BCUT2D eigenvalue weighted by Crippen LogP contribution is 2.36.